The summed E-state index contributed by atoms with van der Waals surface area (Å²) in [4.78, 5) is 73.6. The molecule has 7 aliphatic heterocycles. The van der Waals surface area contributed by atoms with Crippen LogP contribution in [0, 0.1) is 0 Å². The molecule has 678 valence electrons. The number of aliphatic carboxylic acids is 2. The largest absolute Gasteiger partial charge is 1.00 e. The van der Waals surface area contributed by atoms with Gasteiger partial charge in [-0.2, -0.15) is 0 Å². The van der Waals surface area contributed by atoms with Crippen molar-refractivity contribution in [2.45, 2.75) is 356 Å². The van der Waals surface area contributed by atoms with Gasteiger partial charge in [0.15, 0.2) is 31.5 Å². The van der Waals surface area contributed by atoms with E-state index in [2.05, 4.69) is 20.7 Å². The number of carbonyl (C=O) groups excluding carboxylic acids is 6. The smallest absolute Gasteiger partial charge is 0.544 e. The first kappa shape index (κ1) is 107. The molecule has 1 saturated carbocycles. The number of carboxylic acid groups (broad SMARTS) is 2. The normalized spacial score (nSPS) is 41.6. The number of esters is 1. The van der Waals surface area contributed by atoms with Gasteiger partial charge >= 0.3 is 65.1 Å². The van der Waals surface area contributed by atoms with Crippen molar-refractivity contribution in [3.8, 4) is 0 Å². The van der Waals surface area contributed by atoms with Crippen molar-refractivity contribution in [3.63, 3.8) is 0 Å². The molecule has 7 saturated heterocycles. The van der Waals surface area contributed by atoms with Gasteiger partial charge in [-0.3, -0.25) is 19.2 Å². The van der Waals surface area contributed by atoms with Gasteiger partial charge in [-0.25, -0.2) is 0 Å². The molecule has 8 fully saturated rings. The van der Waals surface area contributed by atoms with Crippen LogP contribution in [0.2, 0.25) is 0 Å². The van der Waals surface area contributed by atoms with E-state index in [9.17, 15) is 146 Å². The maximum Gasteiger partial charge on any atom is 1.00 e. The van der Waals surface area contributed by atoms with Crippen LogP contribution in [0.3, 0.4) is 0 Å². The fraction of sp³-hybridized carbons (Fsp3) is 0.914. The van der Waals surface area contributed by atoms with Gasteiger partial charge in [0.25, 0.3) is 0 Å². The Morgan fingerprint density at radius 3 is 1.18 bits per heavy atom. The standard InChI is InChI=1S/C41H70N2O25.C29H49NO19.2Na/c1-17-27(52)30(55)31(56)38(62-17)66-35-26(43-19(3)48)37(61-12-10-8-6-5-7-9-11-24(51)60-4)64-23(16-46)33(35)65-39-32(57)36(29(54)22(15-45)63-39)68-41(40(58)59)13-20(49)25(42-18(2)47)34(67-41)28(53)21(50)14-44;1-10-18(36)21(39)22(40)26(44-10)45-14-5-3-4-6-15(14)46-27-23(41)25(20(38)16(9-32)47-27)49-29(28(42)43)7-12(34)17(30-11(2)33)24(48-29)19(37)13(35)8-31;;/h17,20-23,25-39,44-46,49-50,52-57H,5-16H2,1-4H3,(H,42,47)(H,43,48)(H,58,59);10,12-27,31-32,34-41H,3-9H2,1-2H3,(H,30,33)(H,42,43);;/q;;2*+1/p-2/t17?,20?,21?,22-,23-,25?,26?,27?,28?,29?,30?,31?,32?,33?,34?,35?,36?,37?,38?,39?,41+;10?,12?,13?,14?,15?,16-,17?,18?,19?,20?,21?,22?,23?,24?,25?,26?,27?,29+;;/m11../s1. The molecular formula is C70H117N3Na2O44. The molecule has 0 radical (unpaired) electrons. The maximum atomic E-state index is 12.9. The number of carboxylic acids is 2. The average Bonchev–Trinajstić information content (AvgIpc) is 0.756. The molecule has 47 nitrogen and oxygen atoms in total. The monoisotopic (exact) mass is 1750 g/mol. The van der Waals surface area contributed by atoms with E-state index in [0.29, 0.717) is 51.4 Å². The summed E-state index contributed by atoms with van der Waals surface area (Å²) in [6.45, 7) is 1.07. The minimum absolute atomic E-state index is 0. The number of rotatable bonds is 36. The van der Waals surface area contributed by atoms with Crippen molar-refractivity contribution in [3.05, 3.63) is 0 Å². The third-order valence-corrected chi connectivity index (χ3v) is 21.6. The van der Waals surface area contributed by atoms with Gasteiger partial charge < -0.3 is 214 Å². The molecule has 0 aromatic rings. The Morgan fingerprint density at radius 1 is 0.437 bits per heavy atom. The first-order valence-electron chi connectivity index (χ1n) is 38.7. The Bertz CT molecular complexity index is 3110. The first-order chi connectivity index (χ1) is 55.2. The van der Waals surface area contributed by atoms with Crippen molar-refractivity contribution in [1.29, 1.82) is 0 Å². The predicted molar refractivity (Wildman–Crippen MR) is 371 cm³/mol. The van der Waals surface area contributed by atoms with Gasteiger partial charge in [0.1, 0.15) is 158 Å². The number of carbonyl (C=O) groups is 6. The van der Waals surface area contributed by atoms with E-state index >= 15 is 0 Å². The van der Waals surface area contributed by atoms with Gasteiger partial charge in [-0.05, 0) is 39.5 Å². The fourth-order valence-corrected chi connectivity index (χ4v) is 15.1. The van der Waals surface area contributed by atoms with E-state index < -0.39 is 314 Å². The molecule has 24 N–H and O–H groups in total. The summed E-state index contributed by atoms with van der Waals surface area (Å²) in [7, 11) is 1.31. The van der Waals surface area contributed by atoms with E-state index in [1.165, 1.54) is 21.0 Å². The minimum Gasteiger partial charge on any atom is -0.544 e. The summed E-state index contributed by atoms with van der Waals surface area (Å²) in [5.41, 5.74) is 0. The molecule has 0 aromatic carbocycles. The minimum atomic E-state index is -3.24. The van der Waals surface area contributed by atoms with Crippen LogP contribution in [0.1, 0.15) is 118 Å². The molecule has 7 heterocycles. The second kappa shape index (κ2) is 49.1. The number of aliphatic hydroxyl groups is 21. The molecule has 39 atom stereocenters. The summed E-state index contributed by atoms with van der Waals surface area (Å²) in [5, 5.41) is 255. The summed E-state index contributed by atoms with van der Waals surface area (Å²) in [6.07, 6.45) is -55.0. The topological polar surface area (TPSA) is 748 Å². The van der Waals surface area contributed by atoms with Gasteiger partial charge in [0.2, 0.25) is 29.3 Å². The maximum absolute atomic E-state index is 12.9. The van der Waals surface area contributed by atoms with Crippen LogP contribution in [-0.2, 0) is 99.8 Å². The SMILES string of the molecule is CC(=O)NC1C(O)C[C@](OC2C(O)C(OC3CCCCC3OC3OC(C)C(O)C(O)C3O)O[C@H](CO)C2O)(C(=O)[O-])OC1C(O)C(O)CO.COC(=O)CCCCCCCCOC1O[C@H](CO)C(OC2O[C@H](CO)C(O)C(O[C@]3(C(=O)[O-])CC(O)C(NC(C)=O)C(C(O)C(O)CO)O3)C2O)C(OC2OC(C)C(O)C(O)C2O)C1NC(C)=O.[Na+].[Na+]. The van der Waals surface area contributed by atoms with Crippen LogP contribution in [0.4, 0.5) is 0 Å². The van der Waals surface area contributed by atoms with Crippen molar-refractivity contribution >= 4 is 35.6 Å². The molecule has 119 heavy (non-hydrogen) atoms. The van der Waals surface area contributed by atoms with Crippen LogP contribution in [-0.4, -0.2) is 428 Å². The number of hydrogen-bond donors (Lipinski definition) is 24. The van der Waals surface area contributed by atoms with Crippen molar-refractivity contribution in [2.24, 2.45) is 0 Å². The Hall–Kier alpha value is -2.58. The van der Waals surface area contributed by atoms with Crippen LogP contribution in [0.15, 0.2) is 0 Å². The Balaban J connectivity index is 0.000000438. The number of methoxy groups -OCH3 is 1. The van der Waals surface area contributed by atoms with Gasteiger partial charge in [-0.15, -0.1) is 0 Å². The number of unbranched alkanes of at least 4 members (excludes halogenated alkanes) is 5. The number of aliphatic hydroxyl groups excluding tert-OH is 21. The average molecular weight is 1750 g/mol. The molecule has 0 bridgehead atoms. The van der Waals surface area contributed by atoms with Crippen LogP contribution < -0.4 is 85.3 Å². The second-order valence-electron chi connectivity index (χ2n) is 30.3. The van der Waals surface area contributed by atoms with E-state index in [-0.39, 0.29) is 71.7 Å². The second-order valence-corrected chi connectivity index (χ2v) is 30.3. The first-order valence-corrected chi connectivity index (χ1v) is 38.7. The van der Waals surface area contributed by atoms with Crippen molar-refractivity contribution < 1.29 is 276 Å². The summed E-state index contributed by atoms with van der Waals surface area (Å²) in [5.74, 6) is -13.2. The van der Waals surface area contributed by atoms with Crippen molar-refractivity contribution in [2.75, 3.05) is 46.8 Å². The predicted octanol–water partition coefficient (Wildman–Crippen LogP) is -20.8. The number of amides is 3. The van der Waals surface area contributed by atoms with E-state index in [1.54, 1.807) is 0 Å². The van der Waals surface area contributed by atoms with Crippen LogP contribution in [0.25, 0.3) is 0 Å². The molecule has 8 rings (SSSR count). The third kappa shape index (κ3) is 27.0. The summed E-state index contributed by atoms with van der Waals surface area (Å²) < 4.78 is 86.3. The fourth-order valence-electron chi connectivity index (χ4n) is 15.1. The third-order valence-electron chi connectivity index (χ3n) is 21.6. The van der Waals surface area contributed by atoms with E-state index in [0.717, 1.165) is 40.0 Å². The van der Waals surface area contributed by atoms with E-state index in [4.69, 9.17) is 66.3 Å². The van der Waals surface area contributed by atoms with Crippen LogP contribution in [0.5, 0.6) is 0 Å². The molecule has 0 aromatic heterocycles. The van der Waals surface area contributed by atoms with Crippen molar-refractivity contribution in [1.82, 2.24) is 16.0 Å². The van der Waals surface area contributed by atoms with Gasteiger partial charge in [-0.1, -0.05) is 38.5 Å². The zero-order valence-electron chi connectivity index (χ0n) is 67.1. The van der Waals surface area contributed by atoms with Crippen LogP contribution >= 0.6 is 0 Å². The number of hydrogen-bond acceptors (Lipinski definition) is 44. The summed E-state index contributed by atoms with van der Waals surface area (Å²) in [6, 6.07) is -4.60. The Kier molecular flexibility index (Phi) is 44.1. The summed E-state index contributed by atoms with van der Waals surface area (Å²) >= 11 is 0. The molecule has 0 spiro atoms. The molecule has 8 aliphatic rings. The molecule has 49 heteroatoms. The molecule has 3 amide bonds. The zero-order chi connectivity index (χ0) is 87.0. The number of ether oxygens (including phenoxy) is 15. The quantitative estimate of drug-likeness (QED) is 0.0157. The Labute approximate surface area is 726 Å². The Morgan fingerprint density at radius 2 is 0.798 bits per heavy atom. The molecular weight excluding hydrogens is 1630 g/mol. The molecule has 1 aliphatic carbocycles. The van der Waals surface area contributed by atoms with E-state index in [1.807, 2.05) is 0 Å². The zero-order valence-corrected chi connectivity index (χ0v) is 71.1. The molecule has 34 unspecified atom stereocenters. The number of nitrogens with one attached hydrogen (secondary N) is 3. The van der Waals surface area contributed by atoms with Gasteiger partial charge in [0.05, 0.1) is 88.9 Å². The van der Waals surface area contributed by atoms with Gasteiger partial charge in [0, 0.05) is 46.6 Å².